The van der Waals surface area contributed by atoms with E-state index in [9.17, 15) is 4.79 Å². The third-order valence-electron chi connectivity index (χ3n) is 2.08. The molecule has 1 aromatic heterocycles. The van der Waals surface area contributed by atoms with Crippen LogP contribution in [0, 0.1) is 0 Å². The Kier molecular flexibility index (Phi) is 3.72. The molecule has 0 aliphatic heterocycles. The summed E-state index contributed by atoms with van der Waals surface area (Å²) in [5.41, 5.74) is 1.03. The number of carbonyl (C=O) groups is 1. The van der Waals surface area contributed by atoms with Crippen LogP contribution in [0.15, 0.2) is 35.8 Å². The van der Waals surface area contributed by atoms with Crippen molar-refractivity contribution in [2.24, 2.45) is 0 Å². The first-order valence-corrected chi connectivity index (χ1v) is 6.03. The van der Waals surface area contributed by atoms with Gasteiger partial charge in [-0.3, -0.25) is 4.79 Å². The molecule has 4 nitrogen and oxygen atoms in total. The van der Waals surface area contributed by atoms with Gasteiger partial charge in [0, 0.05) is 25.0 Å². The zero-order valence-corrected chi connectivity index (χ0v) is 10.2. The lowest BCUT2D eigenvalue weighted by Gasteiger charge is -2.04. The largest absolute Gasteiger partial charge is 0.431 e. The minimum Gasteiger partial charge on any atom is -0.431 e. The fourth-order valence-electron chi connectivity index (χ4n) is 1.26. The van der Waals surface area contributed by atoms with Gasteiger partial charge in [0.05, 0.1) is 0 Å². The molecule has 0 aliphatic carbocycles. The highest BCUT2D eigenvalue weighted by atomic mass is 32.1. The summed E-state index contributed by atoms with van der Waals surface area (Å²) < 4.78 is 5.52. The van der Waals surface area contributed by atoms with E-state index in [0.29, 0.717) is 11.7 Å². The van der Waals surface area contributed by atoms with Crippen LogP contribution >= 0.6 is 11.3 Å². The molecule has 17 heavy (non-hydrogen) atoms. The zero-order chi connectivity index (χ0) is 12.1. The van der Waals surface area contributed by atoms with E-state index in [1.165, 1.54) is 18.3 Å². The maximum Gasteiger partial charge on any atom is 0.278 e. The molecule has 0 spiro atoms. The first kappa shape index (κ1) is 11.6. The molecule has 5 heteroatoms. The van der Waals surface area contributed by atoms with Crippen molar-refractivity contribution in [1.82, 2.24) is 10.3 Å². The lowest BCUT2D eigenvalue weighted by atomic mass is 10.2. The van der Waals surface area contributed by atoms with Crippen LogP contribution in [0.4, 0.5) is 0 Å². The van der Waals surface area contributed by atoms with Crippen LogP contribution in [-0.2, 0) is 11.3 Å². The van der Waals surface area contributed by atoms with Crippen LogP contribution in [0.2, 0.25) is 0 Å². The summed E-state index contributed by atoms with van der Waals surface area (Å²) in [6.07, 6.45) is 1.70. The third-order valence-corrected chi connectivity index (χ3v) is 2.73. The third kappa shape index (κ3) is 3.57. The minimum atomic E-state index is -0.0342. The Morgan fingerprint density at radius 3 is 2.76 bits per heavy atom. The molecule has 0 unspecified atom stereocenters. The number of amides is 1. The van der Waals surface area contributed by atoms with Gasteiger partial charge in [-0.2, -0.15) is 0 Å². The summed E-state index contributed by atoms with van der Waals surface area (Å²) in [6, 6.07) is 7.55. The second-order valence-electron chi connectivity index (χ2n) is 3.45. The highest BCUT2D eigenvalue weighted by molar-refractivity contribution is 7.11. The van der Waals surface area contributed by atoms with Gasteiger partial charge in [0.2, 0.25) is 5.91 Å². The van der Waals surface area contributed by atoms with Crippen molar-refractivity contribution in [3.63, 3.8) is 0 Å². The first-order chi connectivity index (χ1) is 8.24. The van der Waals surface area contributed by atoms with Crippen molar-refractivity contribution in [2.45, 2.75) is 13.5 Å². The molecule has 0 aliphatic rings. The SMILES string of the molecule is CC(=O)NCc1ccc(Oc2nccs2)cc1. The molecule has 0 fully saturated rings. The summed E-state index contributed by atoms with van der Waals surface area (Å²) >= 11 is 1.45. The standard InChI is InChI=1S/C12H12N2O2S/c1-9(15)14-8-10-2-4-11(5-3-10)16-12-13-6-7-17-12/h2-7H,8H2,1H3,(H,14,15). The van der Waals surface area contributed by atoms with E-state index in [0.717, 1.165) is 11.3 Å². The Labute approximate surface area is 103 Å². The average Bonchev–Trinajstić information content (AvgIpc) is 2.81. The quantitative estimate of drug-likeness (QED) is 0.904. The number of hydrogen-bond donors (Lipinski definition) is 1. The molecule has 88 valence electrons. The van der Waals surface area contributed by atoms with Gasteiger partial charge in [0.25, 0.3) is 5.19 Å². The van der Waals surface area contributed by atoms with Gasteiger partial charge in [-0.05, 0) is 17.7 Å². The monoisotopic (exact) mass is 248 g/mol. The molecular formula is C12H12N2O2S. The number of nitrogens with one attached hydrogen (secondary N) is 1. The van der Waals surface area contributed by atoms with Crippen molar-refractivity contribution in [2.75, 3.05) is 0 Å². The van der Waals surface area contributed by atoms with Gasteiger partial charge in [0.15, 0.2) is 0 Å². The predicted octanol–water partition coefficient (Wildman–Crippen LogP) is 2.57. The van der Waals surface area contributed by atoms with Crippen molar-refractivity contribution in [1.29, 1.82) is 0 Å². The number of nitrogens with zero attached hydrogens (tertiary/aromatic N) is 1. The van der Waals surface area contributed by atoms with Gasteiger partial charge in [-0.15, -0.1) is 0 Å². The van der Waals surface area contributed by atoms with Crippen LogP contribution in [0.1, 0.15) is 12.5 Å². The number of aromatic nitrogens is 1. The van der Waals surface area contributed by atoms with Gasteiger partial charge >= 0.3 is 0 Å². The average molecular weight is 248 g/mol. The highest BCUT2D eigenvalue weighted by Crippen LogP contribution is 2.23. The highest BCUT2D eigenvalue weighted by Gasteiger charge is 2.00. The van der Waals surface area contributed by atoms with Crippen LogP contribution in [-0.4, -0.2) is 10.9 Å². The normalized spacial score (nSPS) is 9.94. The van der Waals surface area contributed by atoms with E-state index in [1.807, 2.05) is 29.6 Å². The van der Waals surface area contributed by atoms with Crippen molar-refractivity contribution < 1.29 is 9.53 Å². The second kappa shape index (κ2) is 5.45. The second-order valence-corrected chi connectivity index (χ2v) is 4.31. The maximum atomic E-state index is 10.8. The molecule has 0 bridgehead atoms. The molecule has 1 N–H and O–H groups in total. The fraction of sp³-hybridized carbons (Fsp3) is 0.167. The summed E-state index contributed by atoms with van der Waals surface area (Å²) in [5.74, 6) is 0.708. The van der Waals surface area contributed by atoms with E-state index in [-0.39, 0.29) is 5.91 Å². The number of ether oxygens (including phenoxy) is 1. The van der Waals surface area contributed by atoms with Crippen LogP contribution < -0.4 is 10.1 Å². The Morgan fingerprint density at radius 1 is 1.41 bits per heavy atom. The minimum absolute atomic E-state index is 0.0342. The molecule has 2 rings (SSSR count). The van der Waals surface area contributed by atoms with E-state index < -0.39 is 0 Å². The van der Waals surface area contributed by atoms with E-state index >= 15 is 0 Å². The van der Waals surface area contributed by atoms with Gasteiger partial charge in [-0.1, -0.05) is 23.5 Å². The summed E-state index contributed by atoms with van der Waals surface area (Å²) in [6.45, 7) is 2.03. The number of carbonyl (C=O) groups excluding carboxylic acids is 1. The van der Waals surface area contributed by atoms with E-state index in [2.05, 4.69) is 10.3 Å². The van der Waals surface area contributed by atoms with Gasteiger partial charge in [0.1, 0.15) is 5.75 Å². The van der Waals surface area contributed by atoms with Crippen molar-refractivity contribution >= 4 is 17.2 Å². The molecule has 0 atom stereocenters. The first-order valence-electron chi connectivity index (χ1n) is 5.15. The molecule has 0 radical (unpaired) electrons. The van der Waals surface area contributed by atoms with Crippen LogP contribution in [0.3, 0.4) is 0 Å². The molecule has 1 heterocycles. The van der Waals surface area contributed by atoms with Gasteiger partial charge in [-0.25, -0.2) is 4.98 Å². The molecule has 0 saturated carbocycles. The Morgan fingerprint density at radius 2 is 2.18 bits per heavy atom. The molecule has 1 aromatic carbocycles. The zero-order valence-electron chi connectivity index (χ0n) is 9.34. The number of benzene rings is 1. The summed E-state index contributed by atoms with van der Waals surface area (Å²) in [5, 5.41) is 5.22. The van der Waals surface area contributed by atoms with E-state index in [1.54, 1.807) is 6.20 Å². The topological polar surface area (TPSA) is 51.2 Å². The fourth-order valence-corrected chi connectivity index (χ4v) is 1.77. The maximum absolute atomic E-state index is 10.8. The molecule has 1 amide bonds. The lowest BCUT2D eigenvalue weighted by Crippen LogP contribution is -2.18. The Bertz CT molecular complexity index is 480. The Balaban J connectivity index is 1.95. The van der Waals surface area contributed by atoms with Crippen molar-refractivity contribution in [3.8, 4) is 10.9 Å². The smallest absolute Gasteiger partial charge is 0.278 e. The summed E-state index contributed by atoms with van der Waals surface area (Å²) in [4.78, 5) is 14.8. The van der Waals surface area contributed by atoms with Crippen LogP contribution in [0.25, 0.3) is 0 Å². The number of rotatable bonds is 4. The molecule has 2 aromatic rings. The number of thiazole rings is 1. The lowest BCUT2D eigenvalue weighted by molar-refractivity contribution is -0.119. The molecular weight excluding hydrogens is 236 g/mol. The van der Waals surface area contributed by atoms with Crippen LogP contribution in [0.5, 0.6) is 10.9 Å². The van der Waals surface area contributed by atoms with Crippen molar-refractivity contribution in [3.05, 3.63) is 41.4 Å². The van der Waals surface area contributed by atoms with E-state index in [4.69, 9.17) is 4.74 Å². The Hall–Kier alpha value is -1.88. The summed E-state index contributed by atoms with van der Waals surface area (Å²) in [7, 11) is 0. The number of hydrogen-bond acceptors (Lipinski definition) is 4. The van der Waals surface area contributed by atoms with Gasteiger partial charge < -0.3 is 10.1 Å². The molecule has 0 saturated heterocycles. The predicted molar refractivity (Wildman–Crippen MR) is 66.2 cm³/mol.